The molecule has 2 heterocycles. The van der Waals surface area contributed by atoms with E-state index in [1.165, 1.54) is 17.7 Å². The van der Waals surface area contributed by atoms with E-state index in [4.69, 9.17) is 4.74 Å². The minimum atomic E-state index is -0.344. The van der Waals surface area contributed by atoms with Crippen molar-refractivity contribution in [3.8, 4) is 5.75 Å². The first-order valence-electron chi connectivity index (χ1n) is 11.0. The van der Waals surface area contributed by atoms with E-state index in [1.54, 1.807) is 19.2 Å². The number of halogens is 1. The number of fused-ring (bicyclic) bond motifs is 3. The molecule has 168 valence electrons. The maximum absolute atomic E-state index is 13.8. The first-order chi connectivity index (χ1) is 16.0. The Labute approximate surface area is 192 Å². The lowest BCUT2D eigenvalue weighted by Gasteiger charge is -2.36. The van der Waals surface area contributed by atoms with Gasteiger partial charge in [-0.15, -0.1) is 0 Å². The number of methoxy groups -OCH3 is 1. The number of benzene rings is 3. The summed E-state index contributed by atoms with van der Waals surface area (Å²) in [5.74, 6) is 0.448. The third-order valence-corrected chi connectivity index (χ3v) is 6.39. The second kappa shape index (κ2) is 8.28. The van der Waals surface area contributed by atoms with Crippen molar-refractivity contribution in [1.82, 2.24) is 9.88 Å². The van der Waals surface area contributed by atoms with Crippen LogP contribution >= 0.6 is 0 Å². The summed E-state index contributed by atoms with van der Waals surface area (Å²) in [4.78, 5) is 21.2. The summed E-state index contributed by atoms with van der Waals surface area (Å²) in [7, 11) is 5.57. The Bertz CT molecular complexity index is 1330. The van der Waals surface area contributed by atoms with Crippen molar-refractivity contribution in [2.75, 3.05) is 32.6 Å². The fourth-order valence-corrected chi connectivity index (χ4v) is 4.69. The number of hydrogen-bond acceptors (Lipinski definition) is 3. The van der Waals surface area contributed by atoms with Gasteiger partial charge in [-0.05, 0) is 66.1 Å². The number of rotatable bonds is 4. The molecule has 0 bridgehead atoms. The van der Waals surface area contributed by atoms with Crippen molar-refractivity contribution >= 4 is 22.5 Å². The number of carbonyl (C=O) groups is 1. The van der Waals surface area contributed by atoms with Gasteiger partial charge in [-0.3, -0.25) is 4.79 Å². The highest BCUT2D eigenvalue weighted by Gasteiger charge is 2.35. The van der Waals surface area contributed by atoms with Crippen LogP contribution in [0.15, 0.2) is 66.7 Å². The van der Waals surface area contributed by atoms with Crippen LogP contribution in [-0.4, -0.2) is 43.5 Å². The highest BCUT2D eigenvalue weighted by molar-refractivity contribution is 5.96. The molecule has 0 unspecified atom stereocenters. The zero-order valence-electron chi connectivity index (χ0n) is 18.9. The SMILES string of the molecule is COc1ccc2[nH]c3c(c2c1)CCN(C(=O)c1cccc(N(C)C)c1)[C@H]3c1ccc(F)cc1. The van der Waals surface area contributed by atoms with Crippen molar-refractivity contribution in [2.24, 2.45) is 0 Å². The highest BCUT2D eigenvalue weighted by atomic mass is 19.1. The van der Waals surface area contributed by atoms with Crippen LogP contribution in [0.3, 0.4) is 0 Å². The van der Waals surface area contributed by atoms with Crippen LogP contribution in [-0.2, 0) is 6.42 Å². The average molecular weight is 444 g/mol. The molecule has 1 aliphatic heterocycles. The van der Waals surface area contributed by atoms with Crippen LogP contribution in [0, 0.1) is 5.82 Å². The van der Waals surface area contributed by atoms with Crippen LogP contribution in [0.25, 0.3) is 10.9 Å². The van der Waals surface area contributed by atoms with Gasteiger partial charge in [0.2, 0.25) is 0 Å². The Morgan fingerprint density at radius 1 is 1.09 bits per heavy atom. The molecule has 1 amide bonds. The highest BCUT2D eigenvalue weighted by Crippen LogP contribution is 2.40. The molecular formula is C27H26FN3O2. The van der Waals surface area contributed by atoms with Gasteiger partial charge in [0.15, 0.2) is 0 Å². The van der Waals surface area contributed by atoms with Gasteiger partial charge >= 0.3 is 0 Å². The molecule has 33 heavy (non-hydrogen) atoms. The van der Waals surface area contributed by atoms with Crippen molar-refractivity contribution < 1.29 is 13.9 Å². The van der Waals surface area contributed by atoms with E-state index in [0.717, 1.165) is 40.0 Å². The first kappa shape index (κ1) is 21.1. The molecular weight excluding hydrogens is 417 g/mol. The maximum atomic E-state index is 13.8. The fraction of sp³-hybridized carbons (Fsp3) is 0.222. The van der Waals surface area contributed by atoms with Crippen LogP contribution in [0.4, 0.5) is 10.1 Å². The fourth-order valence-electron chi connectivity index (χ4n) is 4.69. The van der Waals surface area contributed by atoms with E-state index < -0.39 is 0 Å². The molecule has 4 aromatic rings. The average Bonchev–Trinajstić information content (AvgIpc) is 3.21. The summed E-state index contributed by atoms with van der Waals surface area (Å²) in [6.07, 6.45) is 0.722. The summed E-state index contributed by atoms with van der Waals surface area (Å²) in [6.45, 7) is 0.560. The Kier molecular flexibility index (Phi) is 5.29. The number of hydrogen-bond donors (Lipinski definition) is 1. The predicted molar refractivity (Wildman–Crippen MR) is 129 cm³/mol. The van der Waals surface area contributed by atoms with E-state index in [-0.39, 0.29) is 17.8 Å². The summed E-state index contributed by atoms with van der Waals surface area (Å²) in [5.41, 5.74) is 5.60. The molecule has 1 aromatic heterocycles. The topological polar surface area (TPSA) is 48.6 Å². The molecule has 0 saturated carbocycles. The largest absolute Gasteiger partial charge is 0.497 e. The molecule has 0 saturated heterocycles. The molecule has 1 aliphatic rings. The number of aromatic nitrogens is 1. The monoisotopic (exact) mass is 443 g/mol. The van der Waals surface area contributed by atoms with Gasteiger partial charge in [-0.1, -0.05) is 18.2 Å². The second-order valence-corrected chi connectivity index (χ2v) is 8.58. The Morgan fingerprint density at radius 2 is 1.88 bits per heavy atom. The number of nitrogens with zero attached hydrogens (tertiary/aromatic N) is 2. The van der Waals surface area contributed by atoms with Crippen molar-refractivity contribution in [3.05, 3.63) is 94.9 Å². The molecule has 0 aliphatic carbocycles. The van der Waals surface area contributed by atoms with Crippen LogP contribution < -0.4 is 9.64 Å². The normalized spacial score (nSPS) is 15.4. The van der Waals surface area contributed by atoms with Crippen molar-refractivity contribution in [2.45, 2.75) is 12.5 Å². The number of aromatic amines is 1. The quantitative estimate of drug-likeness (QED) is 0.473. The number of nitrogens with one attached hydrogen (secondary N) is 1. The van der Waals surface area contributed by atoms with Crippen LogP contribution in [0.5, 0.6) is 5.75 Å². The molecule has 1 atom stereocenters. The summed E-state index contributed by atoms with van der Waals surface area (Å²) < 4.78 is 19.2. The first-order valence-corrected chi connectivity index (χ1v) is 11.0. The molecule has 6 heteroatoms. The summed E-state index contributed by atoms with van der Waals surface area (Å²) >= 11 is 0. The predicted octanol–water partition coefficient (Wildman–Crippen LogP) is 5.17. The maximum Gasteiger partial charge on any atom is 0.254 e. The van der Waals surface area contributed by atoms with E-state index in [2.05, 4.69) is 4.98 Å². The van der Waals surface area contributed by atoms with Gasteiger partial charge in [-0.2, -0.15) is 0 Å². The number of ether oxygens (including phenoxy) is 1. The number of H-pyrrole nitrogens is 1. The minimum Gasteiger partial charge on any atom is -0.497 e. The molecule has 5 rings (SSSR count). The molecule has 0 radical (unpaired) electrons. The van der Waals surface area contributed by atoms with E-state index >= 15 is 0 Å². The smallest absolute Gasteiger partial charge is 0.254 e. The van der Waals surface area contributed by atoms with Crippen LogP contribution in [0.1, 0.15) is 33.2 Å². The van der Waals surface area contributed by atoms with E-state index in [0.29, 0.717) is 12.1 Å². The summed E-state index contributed by atoms with van der Waals surface area (Å²) in [5, 5.41) is 1.10. The number of amides is 1. The van der Waals surface area contributed by atoms with Crippen molar-refractivity contribution in [3.63, 3.8) is 0 Å². The lowest BCUT2D eigenvalue weighted by Crippen LogP contribution is -2.40. The lowest BCUT2D eigenvalue weighted by atomic mass is 9.91. The van der Waals surface area contributed by atoms with Gasteiger partial charge in [0.05, 0.1) is 13.2 Å². The minimum absolute atomic E-state index is 0.0464. The Morgan fingerprint density at radius 3 is 2.61 bits per heavy atom. The summed E-state index contributed by atoms with van der Waals surface area (Å²) in [6, 6.07) is 19.7. The molecule has 1 N–H and O–H groups in total. The Hall–Kier alpha value is -3.80. The third kappa shape index (κ3) is 3.71. The van der Waals surface area contributed by atoms with Gasteiger partial charge in [0, 0.05) is 48.5 Å². The zero-order valence-corrected chi connectivity index (χ0v) is 18.9. The van der Waals surface area contributed by atoms with E-state index in [1.807, 2.05) is 66.4 Å². The lowest BCUT2D eigenvalue weighted by molar-refractivity contribution is 0.0692. The number of carbonyl (C=O) groups excluding carboxylic acids is 1. The van der Waals surface area contributed by atoms with Crippen LogP contribution in [0.2, 0.25) is 0 Å². The standard InChI is InChI=1S/C27H26FN3O2/c1-30(2)20-6-4-5-18(15-20)27(32)31-14-13-22-23-16-21(33-3)11-12-24(23)29-25(22)26(31)17-7-9-19(28)10-8-17/h4-12,15-16,26,29H,13-14H2,1-3H3/t26-/m0/s1. The van der Waals surface area contributed by atoms with Gasteiger partial charge in [-0.25, -0.2) is 4.39 Å². The molecule has 0 spiro atoms. The van der Waals surface area contributed by atoms with Gasteiger partial charge in [0.25, 0.3) is 5.91 Å². The second-order valence-electron chi connectivity index (χ2n) is 8.58. The molecule has 0 fully saturated rings. The third-order valence-electron chi connectivity index (χ3n) is 6.39. The molecule has 3 aromatic carbocycles. The Balaban J connectivity index is 1.64. The molecule has 5 nitrogen and oxygen atoms in total. The van der Waals surface area contributed by atoms with Gasteiger partial charge < -0.3 is 19.5 Å². The van der Waals surface area contributed by atoms with Gasteiger partial charge in [0.1, 0.15) is 11.6 Å². The van der Waals surface area contributed by atoms with E-state index in [9.17, 15) is 9.18 Å². The van der Waals surface area contributed by atoms with Crippen molar-refractivity contribution in [1.29, 1.82) is 0 Å². The number of anilines is 1. The zero-order chi connectivity index (χ0) is 23.1.